The third-order valence-corrected chi connectivity index (χ3v) is 2.78. The number of benzene rings is 1. The third kappa shape index (κ3) is 2.62. The minimum Gasteiger partial charge on any atom is -0.466 e. The van der Waals surface area contributed by atoms with Crippen LogP contribution in [0.15, 0.2) is 41.5 Å². The van der Waals surface area contributed by atoms with Gasteiger partial charge in [0.1, 0.15) is 5.58 Å². The van der Waals surface area contributed by atoms with Crippen molar-refractivity contribution in [3.05, 3.63) is 48.2 Å². The molecule has 0 aliphatic rings. The molecule has 1 heterocycles. The van der Waals surface area contributed by atoms with Gasteiger partial charge in [0, 0.05) is 5.39 Å². The number of allylic oxidation sites excluding steroid dienone is 1. The molecular weight excluding hydrogens is 228 g/mol. The van der Waals surface area contributed by atoms with Gasteiger partial charge in [-0.3, -0.25) is 4.79 Å². The first-order valence-electron chi connectivity index (χ1n) is 6.00. The molecule has 94 valence electrons. The van der Waals surface area contributed by atoms with Crippen molar-refractivity contribution < 1.29 is 13.9 Å². The van der Waals surface area contributed by atoms with Crippen molar-refractivity contribution in [2.24, 2.45) is 0 Å². The summed E-state index contributed by atoms with van der Waals surface area (Å²) in [6.45, 7) is 5.95. The van der Waals surface area contributed by atoms with Crippen LogP contribution in [0.2, 0.25) is 0 Å². The summed E-state index contributed by atoms with van der Waals surface area (Å²) in [5.41, 5.74) is 2.86. The van der Waals surface area contributed by atoms with Gasteiger partial charge < -0.3 is 9.15 Å². The second-order valence-corrected chi connectivity index (χ2v) is 4.05. The average molecular weight is 244 g/mol. The Balaban J connectivity index is 2.35. The molecule has 2 rings (SSSR count). The molecule has 0 aliphatic heterocycles. The Hall–Kier alpha value is -2.03. The first-order valence-corrected chi connectivity index (χ1v) is 6.00. The molecule has 0 atom stereocenters. The lowest BCUT2D eigenvalue weighted by Gasteiger charge is -2.08. The summed E-state index contributed by atoms with van der Waals surface area (Å²) in [6, 6.07) is 5.84. The lowest BCUT2D eigenvalue weighted by atomic mass is 10.00. The smallest absolute Gasteiger partial charge is 0.310 e. The zero-order chi connectivity index (χ0) is 13.0. The van der Waals surface area contributed by atoms with E-state index in [4.69, 9.17) is 9.15 Å². The van der Waals surface area contributed by atoms with E-state index in [0.717, 1.165) is 22.1 Å². The molecule has 1 aromatic carbocycles. The number of esters is 1. The number of furan rings is 1. The molecule has 0 fully saturated rings. The van der Waals surface area contributed by atoms with Gasteiger partial charge in [-0.1, -0.05) is 6.08 Å². The van der Waals surface area contributed by atoms with Crippen LogP contribution >= 0.6 is 0 Å². The van der Waals surface area contributed by atoms with E-state index in [9.17, 15) is 4.79 Å². The highest BCUT2D eigenvalue weighted by Gasteiger charge is 2.10. The van der Waals surface area contributed by atoms with Crippen LogP contribution in [0.25, 0.3) is 11.0 Å². The van der Waals surface area contributed by atoms with Crippen LogP contribution < -0.4 is 0 Å². The minimum absolute atomic E-state index is 0.203. The molecule has 0 saturated carbocycles. The van der Waals surface area contributed by atoms with Crippen molar-refractivity contribution >= 4 is 16.9 Å². The second-order valence-electron chi connectivity index (χ2n) is 4.05. The summed E-state index contributed by atoms with van der Waals surface area (Å²) in [6.07, 6.45) is 4.47. The molecule has 0 aliphatic carbocycles. The molecule has 0 bridgehead atoms. The lowest BCUT2D eigenvalue weighted by molar-refractivity contribution is -0.142. The van der Waals surface area contributed by atoms with Crippen molar-refractivity contribution in [1.29, 1.82) is 0 Å². The number of carbonyl (C=O) groups is 1. The van der Waals surface area contributed by atoms with Crippen LogP contribution in [0.1, 0.15) is 18.1 Å². The van der Waals surface area contributed by atoms with Crippen LogP contribution in [0.4, 0.5) is 0 Å². The van der Waals surface area contributed by atoms with E-state index in [2.05, 4.69) is 6.58 Å². The van der Waals surface area contributed by atoms with Crippen molar-refractivity contribution in [2.75, 3.05) is 6.61 Å². The monoisotopic (exact) mass is 244 g/mol. The lowest BCUT2D eigenvalue weighted by Crippen LogP contribution is -2.09. The zero-order valence-electron chi connectivity index (χ0n) is 10.4. The summed E-state index contributed by atoms with van der Waals surface area (Å²) < 4.78 is 10.3. The first-order chi connectivity index (χ1) is 8.74. The number of hydrogen-bond acceptors (Lipinski definition) is 3. The fourth-order valence-electron chi connectivity index (χ4n) is 1.98. The maximum atomic E-state index is 11.6. The van der Waals surface area contributed by atoms with Gasteiger partial charge in [-0.25, -0.2) is 0 Å². The van der Waals surface area contributed by atoms with Gasteiger partial charge in [0.05, 0.1) is 19.3 Å². The predicted octanol–water partition coefficient (Wildman–Crippen LogP) is 3.27. The third-order valence-electron chi connectivity index (χ3n) is 2.78. The molecule has 0 amide bonds. The Morgan fingerprint density at radius 2 is 2.28 bits per heavy atom. The zero-order valence-corrected chi connectivity index (χ0v) is 10.4. The molecule has 0 radical (unpaired) electrons. The van der Waals surface area contributed by atoms with Gasteiger partial charge in [0.15, 0.2) is 0 Å². The summed E-state index contributed by atoms with van der Waals surface area (Å²) in [5, 5.41) is 1.00. The molecule has 18 heavy (non-hydrogen) atoms. The van der Waals surface area contributed by atoms with Crippen LogP contribution in [-0.4, -0.2) is 12.6 Å². The number of hydrogen-bond donors (Lipinski definition) is 0. The highest BCUT2D eigenvalue weighted by molar-refractivity contribution is 5.81. The standard InChI is InChI=1S/C15H16O3/c1-3-5-11-9-14-12(6-7-18-14)8-13(11)10-15(16)17-4-2/h3,6-9H,1,4-5,10H2,2H3. The highest BCUT2D eigenvalue weighted by atomic mass is 16.5. The van der Waals surface area contributed by atoms with Crippen LogP contribution in [-0.2, 0) is 22.4 Å². The first kappa shape index (κ1) is 12.4. The number of ether oxygens (including phenoxy) is 1. The molecule has 1 aromatic heterocycles. The summed E-state index contributed by atoms with van der Waals surface area (Å²) in [5.74, 6) is -0.203. The highest BCUT2D eigenvalue weighted by Crippen LogP contribution is 2.22. The normalized spacial score (nSPS) is 10.5. The van der Waals surface area contributed by atoms with Crippen molar-refractivity contribution in [3.63, 3.8) is 0 Å². The van der Waals surface area contributed by atoms with Gasteiger partial charge in [0.2, 0.25) is 0 Å². The van der Waals surface area contributed by atoms with Crippen molar-refractivity contribution in [3.8, 4) is 0 Å². The number of carbonyl (C=O) groups excluding carboxylic acids is 1. The molecule has 0 N–H and O–H groups in total. The van der Waals surface area contributed by atoms with Gasteiger partial charge >= 0.3 is 5.97 Å². The van der Waals surface area contributed by atoms with Crippen LogP contribution in [0.5, 0.6) is 0 Å². The molecule has 3 nitrogen and oxygen atoms in total. The van der Waals surface area contributed by atoms with E-state index in [1.54, 1.807) is 6.26 Å². The van der Waals surface area contributed by atoms with E-state index in [0.29, 0.717) is 13.0 Å². The molecule has 2 aromatic rings. The Morgan fingerprint density at radius 3 is 3.00 bits per heavy atom. The minimum atomic E-state index is -0.203. The predicted molar refractivity (Wildman–Crippen MR) is 70.5 cm³/mol. The quantitative estimate of drug-likeness (QED) is 0.598. The Bertz CT molecular complexity index is 566. The maximum Gasteiger partial charge on any atom is 0.310 e. The van der Waals surface area contributed by atoms with E-state index in [1.165, 1.54) is 0 Å². The Kier molecular flexibility index (Phi) is 3.82. The van der Waals surface area contributed by atoms with Gasteiger partial charge in [-0.15, -0.1) is 6.58 Å². The second kappa shape index (κ2) is 5.54. The maximum absolute atomic E-state index is 11.6. The van der Waals surface area contributed by atoms with Crippen LogP contribution in [0.3, 0.4) is 0 Å². The number of rotatable bonds is 5. The SMILES string of the molecule is C=CCc1cc2occc2cc1CC(=O)OCC. The van der Waals surface area contributed by atoms with E-state index < -0.39 is 0 Å². The van der Waals surface area contributed by atoms with E-state index in [1.807, 2.05) is 31.2 Å². The summed E-state index contributed by atoms with van der Waals surface area (Å²) in [7, 11) is 0. The molecule has 0 unspecified atom stereocenters. The molecular formula is C15H16O3. The van der Waals surface area contributed by atoms with Crippen molar-refractivity contribution in [1.82, 2.24) is 0 Å². The van der Waals surface area contributed by atoms with E-state index >= 15 is 0 Å². The Labute approximate surface area is 106 Å². The molecule has 3 heteroatoms. The number of fused-ring (bicyclic) bond motifs is 1. The van der Waals surface area contributed by atoms with Gasteiger partial charge in [-0.05, 0) is 42.7 Å². The summed E-state index contributed by atoms with van der Waals surface area (Å²) >= 11 is 0. The topological polar surface area (TPSA) is 39.4 Å². The molecule has 0 saturated heterocycles. The summed E-state index contributed by atoms with van der Waals surface area (Å²) in [4.78, 5) is 11.6. The van der Waals surface area contributed by atoms with E-state index in [-0.39, 0.29) is 12.4 Å². The largest absolute Gasteiger partial charge is 0.466 e. The molecule has 0 spiro atoms. The van der Waals surface area contributed by atoms with Gasteiger partial charge in [-0.2, -0.15) is 0 Å². The fourth-order valence-corrected chi connectivity index (χ4v) is 1.98. The van der Waals surface area contributed by atoms with Gasteiger partial charge in [0.25, 0.3) is 0 Å². The van der Waals surface area contributed by atoms with Crippen LogP contribution in [0, 0.1) is 0 Å². The Morgan fingerprint density at radius 1 is 1.44 bits per heavy atom. The average Bonchev–Trinajstić information content (AvgIpc) is 2.77. The fraction of sp³-hybridized carbons (Fsp3) is 0.267. The van der Waals surface area contributed by atoms with Crippen molar-refractivity contribution in [2.45, 2.75) is 19.8 Å².